The van der Waals surface area contributed by atoms with Gasteiger partial charge in [-0.1, -0.05) is 0 Å². The summed E-state index contributed by atoms with van der Waals surface area (Å²) in [6, 6.07) is 0. The molecule has 3 aliphatic rings. The minimum atomic E-state index is -0.158. The van der Waals surface area contributed by atoms with E-state index in [1.807, 2.05) is 25.0 Å². The lowest BCUT2D eigenvalue weighted by molar-refractivity contribution is 0.423. The van der Waals surface area contributed by atoms with Crippen LogP contribution in [0, 0.1) is 34.5 Å². The summed E-state index contributed by atoms with van der Waals surface area (Å²) in [5.74, 6) is 0. The van der Waals surface area contributed by atoms with Gasteiger partial charge in [0, 0.05) is 0 Å². The van der Waals surface area contributed by atoms with Crippen LogP contribution in [0.4, 0.5) is 0 Å². The Hall–Kier alpha value is -1.96. The third-order valence-corrected chi connectivity index (χ3v) is 4.73. The van der Waals surface area contributed by atoms with Gasteiger partial charge in [-0.05, 0) is 27.7 Å². The second kappa shape index (κ2) is 3.78. The van der Waals surface area contributed by atoms with Crippen molar-refractivity contribution in [2.75, 3.05) is 0 Å². The van der Waals surface area contributed by atoms with Crippen LogP contribution in [0.15, 0.2) is 46.6 Å². The van der Waals surface area contributed by atoms with E-state index in [9.17, 15) is 0 Å². The van der Waals surface area contributed by atoms with E-state index >= 15 is 0 Å². The molecule has 2 nitrogen and oxygen atoms in total. The van der Waals surface area contributed by atoms with E-state index in [-0.39, 0.29) is 10.8 Å². The van der Waals surface area contributed by atoms with Gasteiger partial charge in [0.15, 0.2) is 11.4 Å². The molecule has 0 spiro atoms. The molecular formula is C18H20N2+2. The molecule has 0 heterocycles. The Labute approximate surface area is 121 Å². The number of rotatable bonds is 0. The zero-order valence-electron chi connectivity index (χ0n) is 12.5. The first kappa shape index (κ1) is 13.0. The van der Waals surface area contributed by atoms with E-state index in [1.54, 1.807) is 0 Å². The molecule has 0 bridgehead atoms. The summed E-state index contributed by atoms with van der Waals surface area (Å²) in [5.41, 5.74) is 5.89. The van der Waals surface area contributed by atoms with Crippen molar-refractivity contribution in [2.24, 2.45) is 10.8 Å². The fourth-order valence-electron chi connectivity index (χ4n) is 3.50. The number of fused-ring (bicyclic) bond motifs is 2. The first-order valence-electron chi connectivity index (χ1n) is 6.98. The third kappa shape index (κ3) is 1.57. The largest absolute Gasteiger partial charge is 0.275 e. The summed E-state index contributed by atoms with van der Waals surface area (Å²) < 4.78 is 0. The second-order valence-electron chi connectivity index (χ2n) is 6.77. The van der Waals surface area contributed by atoms with Crippen molar-refractivity contribution < 1.29 is 0 Å². The summed E-state index contributed by atoms with van der Waals surface area (Å²) in [6.45, 7) is 8.85. The normalized spacial score (nSPS) is 26.0. The minimum absolute atomic E-state index is 0.0818. The van der Waals surface area contributed by atoms with Crippen LogP contribution in [0.5, 0.6) is 0 Å². The molecule has 2 N–H and O–H groups in total. The summed E-state index contributed by atoms with van der Waals surface area (Å²) in [4.78, 5) is 0. The standard InChI is InChI=1S/C18H20N2/c1-17(2)13-7-5-11(19)9-15(13)18(3,4)16-10-12(20)6-8-14(16)17/h5-10,19-20H,1-4H3/q+2. The fraction of sp³-hybridized carbons (Fsp3) is 0.333. The lowest BCUT2D eigenvalue weighted by Gasteiger charge is -2.41. The van der Waals surface area contributed by atoms with E-state index in [0.29, 0.717) is 11.4 Å². The summed E-state index contributed by atoms with van der Waals surface area (Å²) in [5, 5.41) is 15.9. The molecule has 20 heavy (non-hydrogen) atoms. The Balaban J connectivity index is 2.28. The fourth-order valence-corrected chi connectivity index (χ4v) is 3.50. The SMILES string of the molecule is CC1(C)C2=C[CH+]C(=N)C=C2C(C)(C)C2=CC(=N)[CH+]C=C21. The smallest absolute Gasteiger partial charge is 0.165 e. The van der Waals surface area contributed by atoms with Crippen molar-refractivity contribution in [3.05, 3.63) is 59.4 Å². The number of allylic oxidation sites excluding steroid dienone is 8. The van der Waals surface area contributed by atoms with E-state index in [4.69, 9.17) is 10.8 Å². The van der Waals surface area contributed by atoms with Crippen LogP contribution < -0.4 is 0 Å². The van der Waals surface area contributed by atoms with Crippen LogP contribution in [0.3, 0.4) is 0 Å². The molecule has 3 aliphatic carbocycles. The van der Waals surface area contributed by atoms with Crippen LogP contribution >= 0.6 is 0 Å². The van der Waals surface area contributed by atoms with Gasteiger partial charge in [-0.25, -0.2) is 0 Å². The summed E-state index contributed by atoms with van der Waals surface area (Å²) in [6.07, 6.45) is 11.9. The Morgan fingerprint density at radius 3 is 1.45 bits per heavy atom. The van der Waals surface area contributed by atoms with Crippen molar-refractivity contribution >= 4 is 11.4 Å². The monoisotopic (exact) mass is 264 g/mol. The molecule has 1 saturated carbocycles. The van der Waals surface area contributed by atoms with Crippen molar-refractivity contribution in [3.63, 3.8) is 0 Å². The molecule has 1 fully saturated rings. The highest BCUT2D eigenvalue weighted by Crippen LogP contribution is 2.59. The Morgan fingerprint density at radius 2 is 1.05 bits per heavy atom. The average molecular weight is 264 g/mol. The molecule has 0 atom stereocenters. The molecule has 0 amide bonds. The predicted octanol–water partition coefficient (Wildman–Crippen LogP) is 4.23. The number of hydrogen-bond acceptors (Lipinski definition) is 2. The molecule has 0 saturated heterocycles. The zero-order valence-corrected chi connectivity index (χ0v) is 12.5. The van der Waals surface area contributed by atoms with E-state index < -0.39 is 0 Å². The minimum Gasteiger partial charge on any atom is -0.275 e. The van der Waals surface area contributed by atoms with Gasteiger partial charge in [0.2, 0.25) is 0 Å². The van der Waals surface area contributed by atoms with E-state index in [2.05, 4.69) is 39.8 Å². The Morgan fingerprint density at radius 1 is 0.700 bits per heavy atom. The van der Waals surface area contributed by atoms with Gasteiger partial charge in [0.1, 0.15) is 5.41 Å². The second-order valence-corrected chi connectivity index (χ2v) is 6.77. The highest BCUT2D eigenvalue weighted by atomic mass is 14.5. The molecule has 0 unspecified atom stereocenters. The van der Waals surface area contributed by atoms with Gasteiger partial charge in [0.25, 0.3) is 0 Å². The van der Waals surface area contributed by atoms with Crippen LogP contribution in [0.1, 0.15) is 27.7 Å². The topological polar surface area (TPSA) is 47.7 Å². The Bertz CT molecular complexity index is 595. The molecule has 3 rings (SSSR count). The van der Waals surface area contributed by atoms with E-state index in [0.717, 1.165) is 0 Å². The van der Waals surface area contributed by atoms with Crippen LogP contribution in [0.25, 0.3) is 0 Å². The lowest BCUT2D eigenvalue weighted by Crippen LogP contribution is -2.39. The van der Waals surface area contributed by atoms with Gasteiger partial charge in [0.05, 0.1) is 64.9 Å². The molecule has 0 radical (unpaired) electrons. The maximum atomic E-state index is 7.93. The quantitative estimate of drug-likeness (QED) is 0.615. The van der Waals surface area contributed by atoms with Crippen molar-refractivity contribution in [3.8, 4) is 0 Å². The van der Waals surface area contributed by atoms with Gasteiger partial charge in [-0.15, -0.1) is 0 Å². The maximum Gasteiger partial charge on any atom is 0.165 e. The summed E-state index contributed by atoms with van der Waals surface area (Å²) >= 11 is 0. The van der Waals surface area contributed by atoms with E-state index in [1.165, 1.54) is 22.3 Å². The first-order chi connectivity index (χ1) is 9.24. The van der Waals surface area contributed by atoms with Gasteiger partial charge >= 0.3 is 0 Å². The molecule has 0 aromatic rings. The maximum absolute atomic E-state index is 7.93. The van der Waals surface area contributed by atoms with Crippen LogP contribution in [0.2, 0.25) is 0 Å². The average Bonchev–Trinajstić information content (AvgIpc) is 2.36. The van der Waals surface area contributed by atoms with Gasteiger partial charge < -0.3 is 0 Å². The van der Waals surface area contributed by atoms with Crippen LogP contribution in [-0.4, -0.2) is 11.4 Å². The third-order valence-electron chi connectivity index (χ3n) is 4.73. The zero-order chi connectivity index (χ0) is 14.7. The molecule has 100 valence electrons. The number of hydrogen-bond donors (Lipinski definition) is 2. The Kier molecular flexibility index (Phi) is 2.47. The van der Waals surface area contributed by atoms with Crippen molar-refractivity contribution in [2.45, 2.75) is 27.7 Å². The summed E-state index contributed by atoms with van der Waals surface area (Å²) in [7, 11) is 0. The predicted molar refractivity (Wildman–Crippen MR) is 83.9 cm³/mol. The van der Waals surface area contributed by atoms with Gasteiger partial charge in [-0.2, -0.15) is 0 Å². The molecule has 0 aromatic carbocycles. The first-order valence-corrected chi connectivity index (χ1v) is 6.98. The number of nitrogens with one attached hydrogen (secondary N) is 2. The lowest BCUT2D eigenvalue weighted by atomic mass is 9.53. The molecule has 0 aliphatic heterocycles. The molecular weight excluding hydrogens is 244 g/mol. The molecule has 0 aromatic heterocycles. The highest BCUT2D eigenvalue weighted by molar-refractivity contribution is 6.06. The highest BCUT2D eigenvalue weighted by Gasteiger charge is 2.56. The van der Waals surface area contributed by atoms with Crippen molar-refractivity contribution in [1.82, 2.24) is 0 Å². The van der Waals surface area contributed by atoms with Gasteiger partial charge in [-0.3, -0.25) is 10.8 Å². The van der Waals surface area contributed by atoms with Crippen LogP contribution in [-0.2, 0) is 0 Å². The molecule has 2 heteroatoms. The van der Waals surface area contributed by atoms with Crippen molar-refractivity contribution in [1.29, 1.82) is 10.8 Å².